The molecule has 2 rings (SSSR count). The minimum atomic E-state index is 0.497. The summed E-state index contributed by atoms with van der Waals surface area (Å²) in [6.45, 7) is 6.60. The summed E-state index contributed by atoms with van der Waals surface area (Å²) in [6.07, 6.45) is 2.27. The van der Waals surface area contributed by atoms with Gasteiger partial charge in [0.1, 0.15) is 0 Å². The molecule has 0 unspecified atom stereocenters. The van der Waals surface area contributed by atoms with Gasteiger partial charge >= 0.3 is 0 Å². The molecule has 0 atom stereocenters. The monoisotopic (exact) mass is 278 g/mol. The Kier molecular flexibility index (Phi) is 3.29. The van der Waals surface area contributed by atoms with Crippen LogP contribution in [0, 0.1) is 6.92 Å². The molecular weight excluding hydrogens is 262 g/mol. The summed E-state index contributed by atoms with van der Waals surface area (Å²) in [5.41, 5.74) is 2.67. The van der Waals surface area contributed by atoms with Crippen LogP contribution in [0.1, 0.15) is 31.1 Å². The van der Waals surface area contributed by atoms with E-state index in [9.17, 15) is 0 Å². The van der Waals surface area contributed by atoms with E-state index in [0.29, 0.717) is 6.04 Å². The van der Waals surface area contributed by atoms with Gasteiger partial charge in [-0.3, -0.25) is 0 Å². The van der Waals surface area contributed by atoms with Crippen molar-refractivity contribution in [3.05, 3.63) is 41.7 Å². The molecule has 0 spiro atoms. The van der Waals surface area contributed by atoms with Crippen LogP contribution in [0.4, 0.5) is 0 Å². The molecule has 84 valence electrons. The molecule has 0 saturated heterocycles. The van der Waals surface area contributed by atoms with Crippen LogP contribution in [0.3, 0.4) is 0 Å². The largest absolute Gasteiger partial charge is 0.199 e. The Balaban J connectivity index is 2.76. The molecule has 0 fully saturated rings. The van der Waals surface area contributed by atoms with Crippen LogP contribution in [0.2, 0.25) is 0 Å². The Morgan fingerprint density at radius 1 is 1.31 bits per heavy atom. The van der Waals surface area contributed by atoms with Crippen molar-refractivity contribution in [3.8, 4) is 0 Å². The van der Waals surface area contributed by atoms with Gasteiger partial charge in [-0.2, -0.15) is 4.57 Å². The molecule has 0 N–H and O–H groups in total. The van der Waals surface area contributed by atoms with Crippen molar-refractivity contribution in [1.82, 2.24) is 0 Å². The molecule has 0 aliphatic heterocycles. The fourth-order valence-corrected chi connectivity index (χ4v) is 2.52. The number of aryl methyl sites for hydroxylation is 1. The third kappa shape index (κ3) is 1.99. The second-order valence-electron chi connectivity index (χ2n) is 4.48. The van der Waals surface area contributed by atoms with Crippen molar-refractivity contribution in [2.75, 3.05) is 0 Å². The molecule has 1 heterocycles. The van der Waals surface area contributed by atoms with Gasteiger partial charge in [0.05, 0.1) is 5.33 Å². The van der Waals surface area contributed by atoms with Crippen molar-refractivity contribution < 1.29 is 4.57 Å². The number of alkyl halides is 1. The lowest BCUT2D eigenvalue weighted by atomic mass is 10.1. The summed E-state index contributed by atoms with van der Waals surface area (Å²) in [7, 11) is 0. The highest BCUT2D eigenvalue weighted by molar-refractivity contribution is 9.08. The minimum absolute atomic E-state index is 0.497. The zero-order valence-corrected chi connectivity index (χ0v) is 11.6. The Bertz CT molecular complexity index is 517. The molecule has 1 aromatic carbocycles. The standard InChI is InChI=1S/C14H17BrN/c1-10(2)16-9-14-11(3)5-4-6-12(14)7-13(16)8-15/h4-7,9-10H,8H2,1-3H3/q+1. The fourth-order valence-electron chi connectivity index (χ4n) is 2.07. The van der Waals surface area contributed by atoms with E-state index in [4.69, 9.17) is 0 Å². The zero-order valence-electron chi connectivity index (χ0n) is 10.00. The second-order valence-corrected chi connectivity index (χ2v) is 5.04. The summed E-state index contributed by atoms with van der Waals surface area (Å²) in [4.78, 5) is 0. The first-order chi connectivity index (χ1) is 7.63. The Hall–Kier alpha value is -0.890. The molecule has 0 aliphatic carbocycles. The summed E-state index contributed by atoms with van der Waals surface area (Å²) in [5.74, 6) is 0. The van der Waals surface area contributed by atoms with Crippen molar-refractivity contribution in [2.45, 2.75) is 32.1 Å². The topological polar surface area (TPSA) is 3.88 Å². The number of fused-ring (bicyclic) bond motifs is 1. The van der Waals surface area contributed by atoms with Gasteiger partial charge in [-0.05, 0) is 31.7 Å². The molecule has 2 heteroatoms. The molecule has 0 saturated carbocycles. The van der Waals surface area contributed by atoms with Gasteiger partial charge in [0.25, 0.3) is 0 Å². The van der Waals surface area contributed by atoms with Crippen LogP contribution in [0.5, 0.6) is 0 Å². The van der Waals surface area contributed by atoms with E-state index in [-0.39, 0.29) is 0 Å². The first kappa shape index (κ1) is 11.6. The van der Waals surface area contributed by atoms with Crippen LogP contribution < -0.4 is 4.57 Å². The zero-order chi connectivity index (χ0) is 11.7. The normalized spacial score (nSPS) is 11.3. The lowest BCUT2D eigenvalue weighted by Gasteiger charge is -2.08. The van der Waals surface area contributed by atoms with Gasteiger partial charge in [-0.1, -0.05) is 34.1 Å². The number of benzene rings is 1. The molecule has 16 heavy (non-hydrogen) atoms. The predicted molar refractivity (Wildman–Crippen MR) is 71.9 cm³/mol. The highest BCUT2D eigenvalue weighted by atomic mass is 79.9. The number of aromatic nitrogens is 1. The van der Waals surface area contributed by atoms with Gasteiger partial charge in [-0.15, -0.1) is 0 Å². The Morgan fingerprint density at radius 3 is 2.69 bits per heavy atom. The van der Waals surface area contributed by atoms with Crippen molar-refractivity contribution >= 4 is 26.7 Å². The molecule has 0 bridgehead atoms. The van der Waals surface area contributed by atoms with E-state index in [0.717, 1.165) is 5.33 Å². The molecule has 0 amide bonds. The first-order valence-electron chi connectivity index (χ1n) is 5.63. The van der Waals surface area contributed by atoms with Crippen molar-refractivity contribution in [3.63, 3.8) is 0 Å². The average Bonchev–Trinajstić information content (AvgIpc) is 2.27. The highest BCUT2D eigenvalue weighted by Crippen LogP contribution is 2.19. The molecule has 1 aromatic heterocycles. The van der Waals surface area contributed by atoms with Crippen molar-refractivity contribution in [2.24, 2.45) is 0 Å². The van der Waals surface area contributed by atoms with Crippen LogP contribution in [-0.4, -0.2) is 0 Å². The Morgan fingerprint density at radius 2 is 2.06 bits per heavy atom. The van der Waals surface area contributed by atoms with Gasteiger partial charge in [-0.25, -0.2) is 0 Å². The highest BCUT2D eigenvalue weighted by Gasteiger charge is 2.15. The molecule has 2 aromatic rings. The van der Waals surface area contributed by atoms with E-state index >= 15 is 0 Å². The fraction of sp³-hybridized carbons (Fsp3) is 0.357. The van der Waals surface area contributed by atoms with Crippen LogP contribution in [0.25, 0.3) is 10.8 Å². The lowest BCUT2D eigenvalue weighted by Crippen LogP contribution is -2.39. The first-order valence-corrected chi connectivity index (χ1v) is 6.75. The third-order valence-corrected chi connectivity index (χ3v) is 3.55. The number of pyridine rings is 1. The molecule has 1 nitrogen and oxygen atoms in total. The number of rotatable bonds is 2. The number of nitrogens with zero attached hydrogens (tertiary/aromatic N) is 1. The van der Waals surface area contributed by atoms with E-state index in [1.807, 2.05) is 0 Å². The van der Waals surface area contributed by atoms with Crippen molar-refractivity contribution in [1.29, 1.82) is 0 Å². The van der Waals surface area contributed by atoms with E-state index in [1.165, 1.54) is 22.0 Å². The maximum absolute atomic E-state index is 3.56. The number of hydrogen-bond acceptors (Lipinski definition) is 0. The predicted octanol–water partition coefficient (Wildman–Crippen LogP) is 3.91. The maximum Gasteiger partial charge on any atom is 0.192 e. The van der Waals surface area contributed by atoms with E-state index in [1.54, 1.807) is 0 Å². The van der Waals surface area contributed by atoms with E-state index in [2.05, 4.69) is 71.7 Å². The van der Waals surface area contributed by atoms with Gasteiger partial charge in [0.2, 0.25) is 0 Å². The summed E-state index contributed by atoms with van der Waals surface area (Å²) >= 11 is 3.56. The molecule has 0 aliphatic rings. The van der Waals surface area contributed by atoms with Gasteiger partial charge in [0, 0.05) is 11.5 Å². The van der Waals surface area contributed by atoms with Crippen LogP contribution >= 0.6 is 15.9 Å². The second kappa shape index (κ2) is 4.54. The van der Waals surface area contributed by atoms with Gasteiger partial charge < -0.3 is 0 Å². The summed E-state index contributed by atoms with van der Waals surface area (Å²) < 4.78 is 2.34. The van der Waals surface area contributed by atoms with E-state index < -0.39 is 0 Å². The van der Waals surface area contributed by atoms with Gasteiger partial charge in [0.15, 0.2) is 17.9 Å². The lowest BCUT2D eigenvalue weighted by molar-refractivity contribution is -0.720. The quantitative estimate of drug-likeness (QED) is 0.579. The molecular formula is C14H17BrN+. The summed E-state index contributed by atoms with van der Waals surface area (Å²) in [5, 5.41) is 3.57. The molecule has 0 radical (unpaired) electrons. The van der Waals surface area contributed by atoms with Crippen LogP contribution in [0.15, 0.2) is 30.5 Å². The average molecular weight is 279 g/mol. The van der Waals surface area contributed by atoms with Crippen LogP contribution in [-0.2, 0) is 5.33 Å². The third-order valence-electron chi connectivity index (χ3n) is 2.97. The minimum Gasteiger partial charge on any atom is -0.199 e. The number of hydrogen-bond donors (Lipinski definition) is 0. The summed E-state index contributed by atoms with van der Waals surface area (Å²) in [6, 6.07) is 9.24. The SMILES string of the molecule is Cc1cccc2cc(CBr)[n+](C(C)C)cc12. The smallest absolute Gasteiger partial charge is 0.192 e. The maximum atomic E-state index is 3.56. The number of halogens is 1. The Labute approximate surface area is 105 Å².